The van der Waals surface area contributed by atoms with Gasteiger partial charge < -0.3 is 16.4 Å². The Balaban J connectivity index is 1.28. The highest BCUT2D eigenvalue weighted by Gasteiger charge is 2.44. The lowest BCUT2D eigenvalue weighted by molar-refractivity contribution is -0.127. The lowest BCUT2D eigenvalue weighted by atomic mass is 9.82. The molecule has 0 aliphatic carbocycles. The van der Waals surface area contributed by atoms with Crippen molar-refractivity contribution >= 4 is 23.4 Å². The molecule has 8 nitrogen and oxygen atoms in total. The van der Waals surface area contributed by atoms with Crippen molar-refractivity contribution in [2.24, 2.45) is 23.5 Å². The molecule has 0 spiro atoms. The Hall–Kier alpha value is -3.23. The number of benzene rings is 2. The summed E-state index contributed by atoms with van der Waals surface area (Å²) in [5.74, 6) is -0.127. The van der Waals surface area contributed by atoms with E-state index in [0.29, 0.717) is 25.3 Å². The first-order valence-corrected chi connectivity index (χ1v) is 16.3. The quantitative estimate of drug-likeness (QED) is 0.331. The van der Waals surface area contributed by atoms with Crippen LogP contribution in [0.25, 0.3) is 0 Å². The summed E-state index contributed by atoms with van der Waals surface area (Å²) < 4.78 is 0. The van der Waals surface area contributed by atoms with Gasteiger partial charge in [-0.05, 0) is 67.2 Å². The zero-order valence-electron chi connectivity index (χ0n) is 26.1. The third kappa shape index (κ3) is 7.29. The molecule has 0 aromatic heterocycles. The summed E-state index contributed by atoms with van der Waals surface area (Å²) in [6.07, 6.45) is 5.35. The molecule has 0 radical (unpaired) electrons. The average Bonchev–Trinajstić information content (AvgIpc) is 3.56. The van der Waals surface area contributed by atoms with Crippen molar-refractivity contribution < 1.29 is 14.4 Å². The molecule has 8 heteroatoms. The van der Waals surface area contributed by atoms with Crippen LogP contribution in [-0.2, 0) is 33.8 Å². The summed E-state index contributed by atoms with van der Waals surface area (Å²) in [7, 11) is 0. The molecule has 3 aliphatic heterocycles. The van der Waals surface area contributed by atoms with Gasteiger partial charge in [0.05, 0.1) is 11.7 Å². The summed E-state index contributed by atoms with van der Waals surface area (Å²) in [6, 6.07) is 15.7. The summed E-state index contributed by atoms with van der Waals surface area (Å²) in [5.41, 5.74) is 10.2. The van der Waals surface area contributed by atoms with Crippen LogP contribution >= 0.6 is 0 Å². The van der Waals surface area contributed by atoms with Crippen LogP contribution in [-0.4, -0.2) is 60.4 Å². The van der Waals surface area contributed by atoms with Crippen molar-refractivity contribution in [3.05, 3.63) is 65.2 Å². The van der Waals surface area contributed by atoms with Gasteiger partial charge in [-0.15, -0.1) is 0 Å². The lowest BCUT2D eigenvalue weighted by Crippen LogP contribution is -2.55. The van der Waals surface area contributed by atoms with E-state index in [4.69, 9.17) is 5.73 Å². The molecule has 43 heavy (non-hydrogen) atoms. The molecule has 3 aliphatic rings. The molecule has 4 N–H and O–H groups in total. The van der Waals surface area contributed by atoms with Crippen LogP contribution in [0.1, 0.15) is 69.6 Å². The van der Waals surface area contributed by atoms with Gasteiger partial charge in [0.1, 0.15) is 6.04 Å². The Kier molecular flexibility index (Phi) is 10.2. The molecule has 2 aromatic rings. The summed E-state index contributed by atoms with van der Waals surface area (Å²) in [4.78, 5) is 44.6. The monoisotopic (exact) mass is 587 g/mol. The first kappa shape index (κ1) is 31.2. The maximum absolute atomic E-state index is 14.2. The predicted octanol–water partition coefficient (Wildman–Crippen LogP) is 3.80. The molecule has 5 atom stereocenters. The van der Waals surface area contributed by atoms with Gasteiger partial charge in [-0.3, -0.25) is 24.2 Å². The van der Waals surface area contributed by atoms with Crippen LogP contribution in [0.5, 0.6) is 0 Å². The standard InChI is InChI=1S/C35H49N5O3/c1-4-9-29(33(36)41)27(18-23(2)3)20-37-30-15-14-25-12-8-13-26-19-31(40(32(25)26)35(30)43)34(42)38-28-16-17-39(22-28)21-24-10-6-5-7-11-24/h5-8,10-13,23,27-31,37H,4,9,14-22H2,1-3H3,(H2,36,41)(H,38,42)/t27-,28-,29-,30-,31-/m0/s1. The summed E-state index contributed by atoms with van der Waals surface area (Å²) in [5, 5.41) is 6.86. The molecule has 232 valence electrons. The second-order valence-electron chi connectivity index (χ2n) is 13.3. The van der Waals surface area contributed by atoms with E-state index < -0.39 is 12.1 Å². The molecule has 2 aromatic carbocycles. The minimum Gasteiger partial charge on any atom is -0.369 e. The fourth-order valence-corrected chi connectivity index (χ4v) is 7.47. The van der Waals surface area contributed by atoms with Gasteiger partial charge in [0.25, 0.3) is 0 Å². The number of nitrogens with two attached hydrogens (primary N) is 1. The molecule has 3 amide bonds. The number of nitrogens with one attached hydrogen (secondary N) is 2. The molecule has 1 fully saturated rings. The minimum absolute atomic E-state index is 0.0459. The van der Waals surface area contributed by atoms with Gasteiger partial charge in [0, 0.05) is 38.0 Å². The molecule has 0 unspecified atom stereocenters. The number of amides is 3. The Morgan fingerprint density at radius 2 is 1.81 bits per heavy atom. The largest absolute Gasteiger partial charge is 0.369 e. The van der Waals surface area contributed by atoms with Crippen LogP contribution in [0.15, 0.2) is 48.5 Å². The molecule has 0 bridgehead atoms. The molecule has 5 rings (SSSR count). The second-order valence-corrected chi connectivity index (χ2v) is 13.3. The van der Waals surface area contributed by atoms with Crippen LogP contribution in [0, 0.1) is 17.8 Å². The van der Waals surface area contributed by atoms with Gasteiger partial charge in [0.15, 0.2) is 0 Å². The number of rotatable bonds is 13. The van der Waals surface area contributed by atoms with E-state index >= 15 is 0 Å². The number of primary amides is 1. The highest BCUT2D eigenvalue weighted by Crippen LogP contribution is 2.39. The van der Waals surface area contributed by atoms with E-state index in [1.54, 1.807) is 4.90 Å². The van der Waals surface area contributed by atoms with Crippen molar-refractivity contribution in [2.45, 2.75) is 90.4 Å². The molecular weight excluding hydrogens is 538 g/mol. The highest BCUT2D eigenvalue weighted by atomic mass is 16.2. The normalized spacial score (nSPS) is 23.2. The average molecular weight is 588 g/mol. The van der Waals surface area contributed by atoms with E-state index in [1.807, 2.05) is 12.1 Å². The van der Waals surface area contributed by atoms with Gasteiger partial charge in [-0.1, -0.05) is 75.7 Å². The van der Waals surface area contributed by atoms with Crippen molar-refractivity contribution in [3.8, 4) is 0 Å². The smallest absolute Gasteiger partial charge is 0.244 e. The van der Waals surface area contributed by atoms with Gasteiger partial charge >= 0.3 is 0 Å². The van der Waals surface area contributed by atoms with Crippen LogP contribution < -0.4 is 21.3 Å². The molecule has 0 saturated carbocycles. The molecular formula is C35H49N5O3. The Morgan fingerprint density at radius 3 is 2.53 bits per heavy atom. The first-order chi connectivity index (χ1) is 20.7. The number of likely N-dealkylation sites (tertiary alicyclic amines) is 1. The first-order valence-electron chi connectivity index (χ1n) is 16.3. The molecule has 1 saturated heterocycles. The summed E-state index contributed by atoms with van der Waals surface area (Å²) in [6.45, 7) is 9.55. The predicted molar refractivity (Wildman–Crippen MR) is 170 cm³/mol. The Morgan fingerprint density at radius 1 is 1.05 bits per heavy atom. The number of carbonyl (C=O) groups excluding carboxylic acids is 3. The topological polar surface area (TPSA) is 108 Å². The number of hydrogen-bond donors (Lipinski definition) is 3. The number of anilines is 1. The Labute approximate surface area is 256 Å². The van der Waals surface area contributed by atoms with Crippen molar-refractivity contribution in [1.29, 1.82) is 0 Å². The number of hydrogen-bond acceptors (Lipinski definition) is 5. The van der Waals surface area contributed by atoms with Crippen molar-refractivity contribution in [1.82, 2.24) is 15.5 Å². The van der Waals surface area contributed by atoms with Gasteiger partial charge in [-0.2, -0.15) is 0 Å². The van der Waals surface area contributed by atoms with E-state index in [1.165, 1.54) is 5.56 Å². The lowest BCUT2D eigenvalue weighted by Gasteiger charge is -2.31. The highest BCUT2D eigenvalue weighted by molar-refractivity contribution is 6.07. The van der Waals surface area contributed by atoms with Crippen LogP contribution in [0.2, 0.25) is 0 Å². The van der Waals surface area contributed by atoms with Gasteiger partial charge in [-0.25, -0.2) is 0 Å². The second kappa shape index (κ2) is 14.0. The van der Waals surface area contributed by atoms with E-state index in [0.717, 1.165) is 68.6 Å². The fourth-order valence-electron chi connectivity index (χ4n) is 7.47. The van der Waals surface area contributed by atoms with Crippen LogP contribution in [0.4, 0.5) is 5.69 Å². The van der Waals surface area contributed by atoms with Crippen molar-refractivity contribution in [3.63, 3.8) is 0 Å². The third-order valence-electron chi connectivity index (χ3n) is 9.51. The Bertz CT molecular complexity index is 1280. The molecule has 3 heterocycles. The fraction of sp³-hybridized carbons (Fsp3) is 0.571. The maximum Gasteiger partial charge on any atom is 0.244 e. The minimum atomic E-state index is -0.556. The number of nitrogens with zero attached hydrogens (tertiary/aromatic N) is 2. The van der Waals surface area contributed by atoms with Gasteiger partial charge in [0.2, 0.25) is 17.7 Å². The van der Waals surface area contributed by atoms with E-state index in [2.05, 4.69) is 72.7 Å². The zero-order valence-corrected chi connectivity index (χ0v) is 26.1. The van der Waals surface area contributed by atoms with E-state index in [9.17, 15) is 14.4 Å². The number of aryl methyl sites for hydroxylation is 1. The zero-order chi connectivity index (χ0) is 30.5. The van der Waals surface area contributed by atoms with Crippen LogP contribution in [0.3, 0.4) is 0 Å². The van der Waals surface area contributed by atoms with E-state index in [-0.39, 0.29) is 35.6 Å². The SMILES string of the molecule is CCC[C@H](C(N)=O)[C@H](CN[C@H]1CCc2cccc3c2N(C1=O)[C@H](C(=O)N[C@H]1CCN(Cc2ccccc2)C1)C3)CC(C)C. The van der Waals surface area contributed by atoms with Crippen molar-refractivity contribution in [2.75, 3.05) is 24.5 Å². The number of carbonyl (C=O) groups is 3. The third-order valence-corrected chi connectivity index (χ3v) is 9.51. The summed E-state index contributed by atoms with van der Waals surface area (Å²) >= 11 is 0. The maximum atomic E-state index is 14.2. The number of para-hydroxylation sites is 1.